The van der Waals surface area contributed by atoms with Crippen LogP contribution in [0.5, 0.6) is 0 Å². The van der Waals surface area contributed by atoms with Crippen molar-refractivity contribution >= 4 is 29.9 Å². The molecule has 0 amide bonds. The van der Waals surface area contributed by atoms with Gasteiger partial charge in [0.2, 0.25) is 0 Å². The average Bonchev–Trinajstić information content (AvgIpc) is 2.56. The molecule has 1 aliphatic heterocycles. The number of aromatic nitrogens is 1. The Morgan fingerprint density at radius 2 is 2.12 bits per heavy atom. The Kier molecular flexibility index (Phi) is 10.2. The zero-order valence-electron chi connectivity index (χ0n) is 14.8. The number of piperidine rings is 1. The summed E-state index contributed by atoms with van der Waals surface area (Å²) in [5.41, 5.74) is 6.97. The number of halogens is 1. The smallest absolute Gasteiger partial charge is 0.188 e. The van der Waals surface area contributed by atoms with E-state index in [2.05, 4.69) is 39.2 Å². The van der Waals surface area contributed by atoms with Crippen LogP contribution in [0.2, 0.25) is 0 Å². The number of likely N-dealkylation sites (tertiary alicyclic amines) is 1. The third kappa shape index (κ3) is 7.76. The molecule has 0 saturated carbocycles. The molecule has 24 heavy (non-hydrogen) atoms. The molecule has 1 aliphatic rings. The minimum atomic E-state index is 0. The van der Waals surface area contributed by atoms with Crippen molar-refractivity contribution in [3.63, 3.8) is 0 Å². The van der Waals surface area contributed by atoms with E-state index in [1.807, 2.05) is 24.4 Å². The van der Waals surface area contributed by atoms with Crippen LogP contribution in [0.3, 0.4) is 0 Å². The third-order valence-electron chi connectivity index (χ3n) is 4.40. The summed E-state index contributed by atoms with van der Waals surface area (Å²) in [4.78, 5) is 13.5. The van der Waals surface area contributed by atoms with E-state index in [9.17, 15) is 0 Å². The highest BCUT2D eigenvalue weighted by molar-refractivity contribution is 14.0. The topological polar surface area (TPSA) is 69.8 Å². The van der Waals surface area contributed by atoms with Crippen molar-refractivity contribution in [3.05, 3.63) is 30.1 Å². The molecule has 1 saturated heterocycles. The van der Waals surface area contributed by atoms with Gasteiger partial charge >= 0.3 is 0 Å². The van der Waals surface area contributed by atoms with E-state index in [0.29, 0.717) is 5.96 Å². The standard InChI is InChI=1S/C17H30N6.HI/c1-22(2)16-7-12-23(13-8-16)14-11-21-17(18)20-10-6-15-5-3-4-9-19-15;/h3-5,9,16H,6-8,10-14H2,1-2H3,(H3,18,20,21);1H. The molecule has 0 bridgehead atoms. The summed E-state index contributed by atoms with van der Waals surface area (Å²) in [6.07, 6.45) is 5.16. The van der Waals surface area contributed by atoms with Crippen LogP contribution >= 0.6 is 24.0 Å². The molecule has 1 fully saturated rings. The van der Waals surface area contributed by atoms with Crippen molar-refractivity contribution in [1.29, 1.82) is 0 Å². The maximum Gasteiger partial charge on any atom is 0.188 e. The van der Waals surface area contributed by atoms with Crippen molar-refractivity contribution in [2.24, 2.45) is 10.7 Å². The van der Waals surface area contributed by atoms with Gasteiger partial charge in [0.25, 0.3) is 0 Å². The molecule has 0 radical (unpaired) electrons. The van der Waals surface area contributed by atoms with E-state index in [1.54, 1.807) is 0 Å². The minimum Gasteiger partial charge on any atom is -0.370 e. The molecule has 0 aromatic carbocycles. The zero-order valence-corrected chi connectivity index (χ0v) is 17.1. The Hall–Kier alpha value is -0.930. The predicted molar refractivity (Wildman–Crippen MR) is 111 cm³/mol. The van der Waals surface area contributed by atoms with Gasteiger partial charge in [-0.05, 0) is 52.2 Å². The van der Waals surface area contributed by atoms with Crippen LogP contribution in [0.1, 0.15) is 18.5 Å². The number of pyridine rings is 1. The summed E-state index contributed by atoms with van der Waals surface area (Å²) in [7, 11) is 4.34. The monoisotopic (exact) mass is 446 g/mol. The number of hydrogen-bond donors (Lipinski definition) is 2. The first-order valence-corrected chi connectivity index (χ1v) is 8.47. The molecule has 0 aliphatic carbocycles. The SMILES string of the molecule is CN(C)C1CCN(CCN=C(N)NCCc2ccccn2)CC1.I. The van der Waals surface area contributed by atoms with E-state index in [4.69, 9.17) is 5.73 Å². The molecule has 2 heterocycles. The van der Waals surface area contributed by atoms with Crippen LogP contribution in [0.15, 0.2) is 29.4 Å². The van der Waals surface area contributed by atoms with Crippen LogP contribution in [0.25, 0.3) is 0 Å². The summed E-state index contributed by atoms with van der Waals surface area (Å²) in [6.45, 7) is 4.83. The fraction of sp³-hybridized carbons (Fsp3) is 0.647. The normalized spacial score (nSPS) is 16.9. The maximum absolute atomic E-state index is 5.91. The summed E-state index contributed by atoms with van der Waals surface area (Å²) in [5, 5.41) is 3.15. The molecule has 7 heteroatoms. The summed E-state index contributed by atoms with van der Waals surface area (Å²) in [5.74, 6) is 0.532. The Morgan fingerprint density at radius 3 is 2.75 bits per heavy atom. The van der Waals surface area contributed by atoms with Crippen molar-refractivity contribution in [1.82, 2.24) is 20.1 Å². The second-order valence-corrected chi connectivity index (χ2v) is 6.30. The molecule has 3 N–H and O–H groups in total. The molecule has 6 nitrogen and oxygen atoms in total. The Morgan fingerprint density at radius 1 is 1.38 bits per heavy atom. The quantitative estimate of drug-likeness (QED) is 0.374. The molecular formula is C17H31IN6. The number of nitrogens with zero attached hydrogens (tertiary/aromatic N) is 4. The van der Waals surface area contributed by atoms with Crippen LogP contribution < -0.4 is 11.1 Å². The van der Waals surface area contributed by atoms with Crippen molar-refractivity contribution in [2.75, 3.05) is 46.8 Å². The highest BCUT2D eigenvalue weighted by Gasteiger charge is 2.19. The lowest BCUT2D eigenvalue weighted by Crippen LogP contribution is -2.43. The fourth-order valence-electron chi connectivity index (χ4n) is 2.89. The van der Waals surface area contributed by atoms with Gasteiger partial charge in [-0.2, -0.15) is 0 Å². The Bertz CT molecular complexity index is 471. The van der Waals surface area contributed by atoms with E-state index < -0.39 is 0 Å². The van der Waals surface area contributed by atoms with Gasteiger partial charge in [0.1, 0.15) is 0 Å². The highest BCUT2D eigenvalue weighted by Crippen LogP contribution is 2.13. The van der Waals surface area contributed by atoms with Gasteiger partial charge in [-0.25, -0.2) is 0 Å². The van der Waals surface area contributed by atoms with Gasteiger partial charge in [0.05, 0.1) is 6.54 Å². The average molecular weight is 446 g/mol. The highest BCUT2D eigenvalue weighted by atomic mass is 127. The lowest BCUT2D eigenvalue weighted by Gasteiger charge is -2.34. The molecular weight excluding hydrogens is 415 g/mol. The van der Waals surface area contributed by atoms with Gasteiger partial charge in [-0.15, -0.1) is 24.0 Å². The maximum atomic E-state index is 5.91. The van der Waals surface area contributed by atoms with Crippen LogP contribution in [-0.2, 0) is 6.42 Å². The van der Waals surface area contributed by atoms with Gasteiger partial charge in [-0.1, -0.05) is 6.07 Å². The van der Waals surface area contributed by atoms with Gasteiger partial charge in [-0.3, -0.25) is 9.98 Å². The van der Waals surface area contributed by atoms with Crippen LogP contribution in [-0.4, -0.2) is 73.6 Å². The largest absolute Gasteiger partial charge is 0.370 e. The van der Waals surface area contributed by atoms with Crippen molar-refractivity contribution < 1.29 is 0 Å². The first kappa shape index (κ1) is 21.1. The van der Waals surface area contributed by atoms with Crippen LogP contribution in [0, 0.1) is 0 Å². The molecule has 1 aromatic rings. The number of hydrogen-bond acceptors (Lipinski definition) is 4. The van der Waals surface area contributed by atoms with E-state index in [0.717, 1.165) is 50.9 Å². The molecule has 136 valence electrons. The van der Waals surface area contributed by atoms with Gasteiger partial charge < -0.3 is 20.9 Å². The number of nitrogens with two attached hydrogens (primary N) is 1. The molecule has 0 atom stereocenters. The lowest BCUT2D eigenvalue weighted by molar-refractivity contribution is 0.148. The second kappa shape index (κ2) is 11.6. The lowest BCUT2D eigenvalue weighted by atomic mass is 10.0. The van der Waals surface area contributed by atoms with Gasteiger partial charge in [0, 0.05) is 37.4 Å². The van der Waals surface area contributed by atoms with Crippen molar-refractivity contribution in [3.8, 4) is 0 Å². The minimum absolute atomic E-state index is 0. The number of guanidine groups is 1. The molecule has 0 unspecified atom stereocenters. The summed E-state index contributed by atoms with van der Waals surface area (Å²) >= 11 is 0. The van der Waals surface area contributed by atoms with Crippen molar-refractivity contribution in [2.45, 2.75) is 25.3 Å². The number of nitrogens with one attached hydrogen (secondary N) is 1. The number of aliphatic imine (C=N–C) groups is 1. The number of rotatable bonds is 7. The molecule has 2 rings (SSSR count). The third-order valence-corrected chi connectivity index (χ3v) is 4.40. The first-order chi connectivity index (χ1) is 11.1. The fourth-order valence-corrected chi connectivity index (χ4v) is 2.89. The predicted octanol–water partition coefficient (Wildman–Crippen LogP) is 1.17. The first-order valence-electron chi connectivity index (χ1n) is 8.47. The van der Waals surface area contributed by atoms with Crippen LogP contribution in [0.4, 0.5) is 0 Å². The summed E-state index contributed by atoms with van der Waals surface area (Å²) < 4.78 is 0. The zero-order chi connectivity index (χ0) is 16.5. The Balaban J connectivity index is 0.00000288. The van der Waals surface area contributed by atoms with Gasteiger partial charge in [0.15, 0.2) is 5.96 Å². The van der Waals surface area contributed by atoms with E-state index >= 15 is 0 Å². The Labute approximate surface area is 162 Å². The second-order valence-electron chi connectivity index (χ2n) is 6.30. The molecule has 1 aromatic heterocycles. The van der Waals surface area contributed by atoms with E-state index in [-0.39, 0.29) is 24.0 Å². The summed E-state index contributed by atoms with van der Waals surface area (Å²) in [6, 6.07) is 6.67. The van der Waals surface area contributed by atoms with E-state index in [1.165, 1.54) is 12.8 Å². The molecule has 0 spiro atoms.